The summed E-state index contributed by atoms with van der Waals surface area (Å²) in [5, 5.41) is 2.82. The molecule has 1 heterocycles. The summed E-state index contributed by atoms with van der Waals surface area (Å²) in [6.07, 6.45) is 1.38. The maximum Gasteiger partial charge on any atom is 0.262 e. The van der Waals surface area contributed by atoms with Crippen LogP contribution in [0, 0.1) is 17.2 Å². The van der Waals surface area contributed by atoms with Gasteiger partial charge in [-0.3, -0.25) is 14.3 Å². The lowest BCUT2D eigenvalue weighted by atomic mass is 9.91. The van der Waals surface area contributed by atoms with E-state index < -0.39 is 21.3 Å². The van der Waals surface area contributed by atoms with Gasteiger partial charge in [0, 0.05) is 24.2 Å². The monoisotopic (exact) mass is 491 g/mol. The van der Waals surface area contributed by atoms with Crippen LogP contribution in [-0.2, 0) is 19.6 Å². The Balaban J connectivity index is 1.76. The molecule has 1 aliphatic rings. The second-order valence-corrected chi connectivity index (χ2v) is 11.0. The number of rotatable bonds is 6. The number of nitrogens with one attached hydrogen (secondary N) is 2. The van der Waals surface area contributed by atoms with Gasteiger partial charge in [0.15, 0.2) is 0 Å². The SMILES string of the molecule is COc1ccc(NC(=O)C2CCCN(C(=O)C(C)(C)C)C2)cc1NS(=O)(=O)c1ccc(F)cc1. The third kappa shape index (κ3) is 6.05. The summed E-state index contributed by atoms with van der Waals surface area (Å²) in [7, 11) is -2.62. The number of carbonyl (C=O) groups excluding carboxylic acids is 2. The molecule has 2 aromatic rings. The van der Waals surface area contributed by atoms with Crippen molar-refractivity contribution in [2.75, 3.05) is 30.2 Å². The van der Waals surface area contributed by atoms with Gasteiger partial charge in [0.1, 0.15) is 11.6 Å². The zero-order valence-electron chi connectivity index (χ0n) is 19.7. The number of ether oxygens (including phenoxy) is 1. The standard InChI is InChI=1S/C24H30FN3O5S/c1-24(2,3)23(30)28-13-5-6-16(15-28)22(29)26-18-9-12-21(33-4)20(14-18)27-34(31,32)19-10-7-17(25)8-11-19/h7-12,14,16,27H,5-6,13,15H2,1-4H3,(H,26,29). The molecular weight excluding hydrogens is 461 g/mol. The molecule has 0 radical (unpaired) electrons. The van der Waals surface area contributed by atoms with E-state index in [9.17, 15) is 22.4 Å². The predicted octanol–water partition coefficient (Wildman–Crippen LogP) is 3.86. The van der Waals surface area contributed by atoms with Gasteiger partial charge >= 0.3 is 0 Å². The van der Waals surface area contributed by atoms with Crippen molar-refractivity contribution in [1.29, 1.82) is 0 Å². The minimum Gasteiger partial charge on any atom is -0.495 e. The van der Waals surface area contributed by atoms with Crippen LogP contribution in [0.25, 0.3) is 0 Å². The van der Waals surface area contributed by atoms with Crippen molar-refractivity contribution in [3.63, 3.8) is 0 Å². The first-order valence-electron chi connectivity index (χ1n) is 11.0. The minimum atomic E-state index is -4.01. The Morgan fingerprint density at radius 1 is 1.12 bits per heavy atom. The molecule has 34 heavy (non-hydrogen) atoms. The average molecular weight is 492 g/mol. The molecule has 10 heteroatoms. The highest BCUT2D eigenvalue weighted by molar-refractivity contribution is 7.92. The Kier molecular flexibility index (Phi) is 7.50. The Bertz CT molecular complexity index is 1160. The Labute approximate surface area is 199 Å². The fourth-order valence-electron chi connectivity index (χ4n) is 3.78. The quantitative estimate of drug-likeness (QED) is 0.639. The highest BCUT2D eigenvalue weighted by Crippen LogP contribution is 2.31. The van der Waals surface area contributed by atoms with Crippen LogP contribution in [0.4, 0.5) is 15.8 Å². The van der Waals surface area contributed by atoms with Crippen molar-refractivity contribution in [3.05, 3.63) is 48.3 Å². The van der Waals surface area contributed by atoms with Crippen molar-refractivity contribution in [3.8, 4) is 5.75 Å². The number of hydrogen-bond acceptors (Lipinski definition) is 5. The number of methoxy groups -OCH3 is 1. The van der Waals surface area contributed by atoms with Gasteiger partial charge in [-0.15, -0.1) is 0 Å². The summed E-state index contributed by atoms with van der Waals surface area (Å²) < 4.78 is 46.3. The van der Waals surface area contributed by atoms with E-state index >= 15 is 0 Å². The van der Waals surface area contributed by atoms with Crippen LogP contribution in [0.3, 0.4) is 0 Å². The molecule has 0 aliphatic carbocycles. The van der Waals surface area contributed by atoms with E-state index in [-0.39, 0.29) is 34.1 Å². The summed E-state index contributed by atoms with van der Waals surface area (Å²) in [6, 6.07) is 9.02. The van der Waals surface area contributed by atoms with Gasteiger partial charge in [0.2, 0.25) is 11.8 Å². The Hall–Kier alpha value is -3.14. The number of anilines is 2. The van der Waals surface area contributed by atoms with Crippen LogP contribution in [0.1, 0.15) is 33.6 Å². The molecule has 0 bridgehead atoms. The highest BCUT2D eigenvalue weighted by Gasteiger charge is 2.33. The molecule has 1 fully saturated rings. The molecule has 184 valence electrons. The molecular formula is C24H30FN3O5S. The van der Waals surface area contributed by atoms with Crippen molar-refractivity contribution < 1.29 is 27.1 Å². The molecule has 1 unspecified atom stereocenters. The third-order valence-corrected chi connectivity index (χ3v) is 6.94. The number of likely N-dealkylation sites (tertiary alicyclic amines) is 1. The van der Waals surface area contributed by atoms with E-state index in [0.29, 0.717) is 25.2 Å². The predicted molar refractivity (Wildman–Crippen MR) is 128 cm³/mol. The van der Waals surface area contributed by atoms with Crippen LogP contribution in [-0.4, -0.2) is 45.3 Å². The zero-order valence-corrected chi connectivity index (χ0v) is 20.5. The Morgan fingerprint density at radius 3 is 2.41 bits per heavy atom. The smallest absolute Gasteiger partial charge is 0.262 e. The fourth-order valence-corrected chi connectivity index (χ4v) is 4.84. The molecule has 1 atom stereocenters. The second-order valence-electron chi connectivity index (χ2n) is 9.30. The van der Waals surface area contributed by atoms with Gasteiger partial charge in [0.25, 0.3) is 10.0 Å². The lowest BCUT2D eigenvalue weighted by molar-refractivity contribution is -0.142. The lowest BCUT2D eigenvalue weighted by Crippen LogP contribution is -2.47. The van der Waals surface area contributed by atoms with E-state index in [2.05, 4.69) is 10.0 Å². The number of sulfonamides is 1. The zero-order chi connectivity index (χ0) is 25.1. The summed E-state index contributed by atoms with van der Waals surface area (Å²) >= 11 is 0. The summed E-state index contributed by atoms with van der Waals surface area (Å²) in [5.74, 6) is -0.910. The van der Waals surface area contributed by atoms with Crippen molar-refractivity contribution in [1.82, 2.24) is 4.90 Å². The molecule has 8 nitrogen and oxygen atoms in total. The minimum absolute atomic E-state index is 0.00642. The van der Waals surface area contributed by atoms with Gasteiger partial charge in [-0.25, -0.2) is 12.8 Å². The van der Waals surface area contributed by atoms with Gasteiger partial charge in [-0.1, -0.05) is 20.8 Å². The van der Waals surface area contributed by atoms with Gasteiger partial charge < -0.3 is 15.0 Å². The van der Waals surface area contributed by atoms with E-state index in [1.807, 2.05) is 20.8 Å². The highest BCUT2D eigenvalue weighted by atomic mass is 32.2. The van der Waals surface area contributed by atoms with E-state index in [0.717, 1.165) is 30.7 Å². The van der Waals surface area contributed by atoms with E-state index in [4.69, 9.17) is 4.74 Å². The first-order valence-corrected chi connectivity index (χ1v) is 12.5. The van der Waals surface area contributed by atoms with Crippen LogP contribution < -0.4 is 14.8 Å². The fraction of sp³-hybridized carbons (Fsp3) is 0.417. The molecule has 1 aliphatic heterocycles. The van der Waals surface area contributed by atoms with Gasteiger partial charge in [-0.2, -0.15) is 0 Å². The number of nitrogens with zero attached hydrogens (tertiary/aromatic N) is 1. The topological polar surface area (TPSA) is 105 Å². The first kappa shape index (κ1) is 25.5. The van der Waals surface area contributed by atoms with E-state index in [1.165, 1.54) is 19.2 Å². The largest absolute Gasteiger partial charge is 0.495 e. The molecule has 0 saturated carbocycles. The second kappa shape index (κ2) is 10.0. The van der Waals surface area contributed by atoms with E-state index in [1.54, 1.807) is 11.0 Å². The molecule has 3 rings (SSSR count). The normalized spacial score (nSPS) is 16.6. The van der Waals surface area contributed by atoms with Crippen LogP contribution >= 0.6 is 0 Å². The molecule has 0 spiro atoms. The van der Waals surface area contributed by atoms with Gasteiger partial charge in [0.05, 0.1) is 23.6 Å². The van der Waals surface area contributed by atoms with Crippen molar-refractivity contribution >= 4 is 33.2 Å². The van der Waals surface area contributed by atoms with Crippen molar-refractivity contribution in [2.45, 2.75) is 38.5 Å². The molecule has 0 aromatic heterocycles. The number of halogens is 1. The molecule has 2 amide bonds. The van der Waals surface area contributed by atoms with Crippen LogP contribution in [0.5, 0.6) is 5.75 Å². The molecule has 1 saturated heterocycles. The summed E-state index contributed by atoms with van der Waals surface area (Å²) in [4.78, 5) is 27.2. The maximum absolute atomic E-state index is 13.2. The number of benzene rings is 2. The third-order valence-electron chi connectivity index (χ3n) is 5.56. The number of carbonyl (C=O) groups is 2. The summed E-state index contributed by atoms with van der Waals surface area (Å²) in [6.45, 7) is 6.51. The average Bonchev–Trinajstić information content (AvgIpc) is 2.78. The summed E-state index contributed by atoms with van der Waals surface area (Å²) in [5.41, 5.74) is -0.0232. The maximum atomic E-state index is 13.2. The number of amides is 2. The first-order chi connectivity index (χ1) is 15.9. The molecule has 2 N–H and O–H groups in total. The van der Waals surface area contributed by atoms with Crippen molar-refractivity contribution in [2.24, 2.45) is 11.3 Å². The number of hydrogen-bond donors (Lipinski definition) is 2. The van der Waals surface area contributed by atoms with Crippen LogP contribution in [0.15, 0.2) is 47.4 Å². The lowest BCUT2D eigenvalue weighted by Gasteiger charge is -2.35. The number of piperidine rings is 1. The van der Waals surface area contributed by atoms with Gasteiger partial charge in [-0.05, 0) is 55.3 Å². The van der Waals surface area contributed by atoms with Crippen LogP contribution in [0.2, 0.25) is 0 Å². The Morgan fingerprint density at radius 2 is 1.79 bits per heavy atom. The molecule has 2 aromatic carbocycles.